The zero-order chi connectivity index (χ0) is 14.0. The summed E-state index contributed by atoms with van der Waals surface area (Å²) in [6.45, 7) is 0.752. The van der Waals surface area contributed by atoms with Crippen LogP contribution >= 0.6 is 15.9 Å². The molecule has 106 valence electrons. The number of hydrogen-bond donors (Lipinski definition) is 0. The number of rotatable bonds is 8. The molecule has 0 radical (unpaired) electrons. The Kier molecular flexibility index (Phi) is 6.45. The third-order valence-corrected chi connectivity index (χ3v) is 3.39. The maximum atomic E-state index is 5.78. The summed E-state index contributed by atoms with van der Waals surface area (Å²) in [7, 11) is 0. The van der Waals surface area contributed by atoms with Crippen molar-refractivity contribution < 1.29 is 9.47 Å². The predicted molar refractivity (Wildman–Crippen MR) is 86.1 cm³/mol. The van der Waals surface area contributed by atoms with Gasteiger partial charge in [0.25, 0.3) is 0 Å². The van der Waals surface area contributed by atoms with Crippen molar-refractivity contribution >= 4 is 15.9 Å². The number of para-hydroxylation sites is 1. The molecule has 0 aliphatic carbocycles. The molecule has 0 aliphatic rings. The molecule has 3 heteroatoms. The molecule has 2 aromatic carbocycles. The first-order valence-electron chi connectivity index (χ1n) is 6.90. The summed E-state index contributed by atoms with van der Waals surface area (Å²) in [5, 5.41) is 1.06. The minimum absolute atomic E-state index is 0.752. The van der Waals surface area contributed by atoms with Gasteiger partial charge in [-0.2, -0.15) is 0 Å². The highest BCUT2D eigenvalue weighted by molar-refractivity contribution is 9.09. The lowest BCUT2D eigenvalue weighted by molar-refractivity contribution is 0.305. The average molecular weight is 335 g/mol. The summed E-state index contributed by atoms with van der Waals surface area (Å²) < 4.78 is 11.5. The van der Waals surface area contributed by atoms with Crippen LogP contribution < -0.4 is 9.47 Å². The van der Waals surface area contributed by atoms with Gasteiger partial charge in [-0.1, -0.05) is 40.2 Å². The molecule has 0 N–H and O–H groups in total. The second-order valence-electron chi connectivity index (χ2n) is 4.49. The third-order valence-electron chi connectivity index (χ3n) is 2.83. The van der Waals surface area contributed by atoms with E-state index in [1.165, 1.54) is 12.8 Å². The monoisotopic (exact) mass is 334 g/mol. The van der Waals surface area contributed by atoms with E-state index in [1.807, 2.05) is 54.6 Å². The van der Waals surface area contributed by atoms with E-state index >= 15 is 0 Å². The van der Waals surface area contributed by atoms with E-state index < -0.39 is 0 Å². The zero-order valence-electron chi connectivity index (χ0n) is 11.4. The molecule has 0 heterocycles. The van der Waals surface area contributed by atoms with E-state index in [0.29, 0.717) is 0 Å². The predicted octanol–water partition coefficient (Wildman–Crippen LogP) is 5.42. The molecule has 0 fully saturated rings. The quantitative estimate of drug-likeness (QED) is 0.473. The Labute approximate surface area is 128 Å². The van der Waals surface area contributed by atoms with Crippen LogP contribution in [0, 0.1) is 0 Å². The molecule has 2 aromatic rings. The van der Waals surface area contributed by atoms with E-state index in [0.717, 1.165) is 35.6 Å². The van der Waals surface area contributed by atoms with Gasteiger partial charge in [0.15, 0.2) is 0 Å². The van der Waals surface area contributed by atoms with E-state index in [2.05, 4.69) is 15.9 Å². The highest BCUT2D eigenvalue weighted by Crippen LogP contribution is 2.25. The molecule has 0 bridgehead atoms. The highest BCUT2D eigenvalue weighted by Gasteiger charge is 1.99. The van der Waals surface area contributed by atoms with Crippen molar-refractivity contribution in [2.45, 2.75) is 19.3 Å². The van der Waals surface area contributed by atoms with Gasteiger partial charge in [-0.25, -0.2) is 0 Å². The fourth-order valence-corrected chi connectivity index (χ4v) is 2.21. The van der Waals surface area contributed by atoms with Crippen LogP contribution in [0.5, 0.6) is 17.2 Å². The number of hydrogen-bond acceptors (Lipinski definition) is 2. The molecule has 20 heavy (non-hydrogen) atoms. The minimum Gasteiger partial charge on any atom is -0.493 e. The minimum atomic E-state index is 0.752. The van der Waals surface area contributed by atoms with Crippen LogP contribution in [0.25, 0.3) is 0 Å². The molecule has 0 saturated carbocycles. The smallest absolute Gasteiger partial charge is 0.131 e. The van der Waals surface area contributed by atoms with E-state index in [1.54, 1.807) is 0 Å². The van der Waals surface area contributed by atoms with Crippen LogP contribution in [-0.2, 0) is 0 Å². The maximum absolute atomic E-state index is 5.78. The first-order chi connectivity index (χ1) is 9.88. The Morgan fingerprint density at radius 2 is 1.50 bits per heavy atom. The van der Waals surface area contributed by atoms with Gasteiger partial charge in [0, 0.05) is 11.4 Å². The molecule has 0 aromatic heterocycles. The van der Waals surface area contributed by atoms with Gasteiger partial charge in [0.2, 0.25) is 0 Å². The SMILES string of the molecule is BrCCCCCOc1cccc(Oc2ccccc2)c1. The van der Waals surface area contributed by atoms with E-state index in [-0.39, 0.29) is 0 Å². The summed E-state index contributed by atoms with van der Waals surface area (Å²) in [5.41, 5.74) is 0. The normalized spacial score (nSPS) is 10.2. The molecule has 0 aliphatic heterocycles. The number of halogens is 1. The fourth-order valence-electron chi connectivity index (χ4n) is 1.82. The Bertz CT molecular complexity index is 499. The van der Waals surface area contributed by atoms with Crippen LogP contribution in [0.15, 0.2) is 54.6 Å². The maximum Gasteiger partial charge on any atom is 0.131 e. The fraction of sp³-hybridized carbons (Fsp3) is 0.294. The van der Waals surface area contributed by atoms with Gasteiger partial charge in [0.1, 0.15) is 17.2 Å². The summed E-state index contributed by atoms with van der Waals surface area (Å²) in [4.78, 5) is 0. The van der Waals surface area contributed by atoms with Crippen molar-refractivity contribution in [3.8, 4) is 17.2 Å². The molecule has 2 rings (SSSR count). The van der Waals surface area contributed by atoms with Gasteiger partial charge in [-0.15, -0.1) is 0 Å². The van der Waals surface area contributed by atoms with Crippen molar-refractivity contribution in [3.05, 3.63) is 54.6 Å². The van der Waals surface area contributed by atoms with Gasteiger partial charge in [-0.05, 0) is 43.5 Å². The lowest BCUT2D eigenvalue weighted by Gasteiger charge is -2.09. The Hall–Kier alpha value is -1.48. The van der Waals surface area contributed by atoms with Gasteiger partial charge >= 0.3 is 0 Å². The van der Waals surface area contributed by atoms with Gasteiger partial charge < -0.3 is 9.47 Å². The Balaban J connectivity index is 1.84. The number of unbranched alkanes of at least 4 members (excludes halogenated alkanes) is 2. The highest BCUT2D eigenvalue weighted by atomic mass is 79.9. The topological polar surface area (TPSA) is 18.5 Å². The summed E-state index contributed by atoms with van der Waals surface area (Å²) in [5.74, 6) is 2.49. The molecule has 0 atom stereocenters. The van der Waals surface area contributed by atoms with Crippen LogP contribution in [0.1, 0.15) is 19.3 Å². The number of benzene rings is 2. The molecule has 0 spiro atoms. The lowest BCUT2D eigenvalue weighted by Crippen LogP contribution is -1.97. The Morgan fingerprint density at radius 1 is 0.750 bits per heavy atom. The van der Waals surface area contributed by atoms with Crippen LogP contribution in [0.4, 0.5) is 0 Å². The second-order valence-corrected chi connectivity index (χ2v) is 5.28. The summed E-state index contributed by atoms with van der Waals surface area (Å²) >= 11 is 3.43. The average Bonchev–Trinajstić information content (AvgIpc) is 2.48. The standard InChI is InChI=1S/C17H19BrO2/c18-12-5-2-6-13-19-16-10-7-11-17(14-16)20-15-8-3-1-4-9-15/h1,3-4,7-11,14H,2,5-6,12-13H2. The van der Waals surface area contributed by atoms with E-state index in [9.17, 15) is 0 Å². The first-order valence-corrected chi connectivity index (χ1v) is 8.02. The van der Waals surface area contributed by atoms with Crippen LogP contribution in [0.3, 0.4) is 0 Å². The van der Waals surface area contributed by atoms with Gasteiger partial charge in [0.05, 0.1) is 6.61 Å². The first kappa shape index (κ1) is 14.9. The summed E-state index contributed by atoms with van der Waals surface area (Å²) in [6.07, 6.45) is 3.46. The van der Waals surface area contributed by atoms with Crippen LogP contribution in [-0.4, -0.2) is 11.9 Å². The lowest BCUT2D eigenvalue weighted by atomic mass is 10.2. The van der Waals surface area contributed by atoms with Crippen LogP contribution in [0.2, 0.25) is 0 Å². The number of ether oxygens (including phenoxy) is 2. The third kappa shape index (κ3) is 5.25. The van der Waals surface area contributed by atoms with Crippen molar-refractivity contribution in [1.82, 2.24) is 0 Å². The molecule has 0 unspecified atom stereocenters. The molecule has 0 amide bonds. The van der Waals surface area contributed by atoms with E-state index in [4.69, 9.17) is 9.47 Å². The molecular weight excluding hydrogens is 316 g/mol. The van der Waals surface area contributed by atoms with Crippen molar-refractivity contribution in [1.29, 1.82) is 0 Å². The Morgan fingerprint density at radius 3 is 2.30 bits per heavy atom. The zero-order valence-corrected chi connectivity index (χ0v) is 13.0. The molecule has 0 saturated heterocycles. The second kappa shape index (κ2) is 8.64. The van der Waals surface area contributed by atoms with Crippen molar-refractivity contribution in [2.75, 3.05) is 11.9 Å². The summed E-state index contributed by atoms with van der Waals surface area (Å²) in [6, 6.07) is 17.5. The van der Waals surface area contributed by atoms with Gasteiger partial charge in [-0.3, -0.25) is 0 Å². The van der Waals surface area contributed by atoms with Crippen molar-refractivity contribution in [2.24, 2.45) is 0 Å². The molecular formula is C17H19BrO2. The van der Waals surface area contributed by atoms with Crippen molar-refractivity contribution in [3.63, 3.8) is 0 Å². The largest absolute Gasteiger partial charge is 0.493 e. The molecule has 2 nitrogen and oxygen atoms in total. The number of alkyl halides is 1.